The minimum absolute atomic E-state index is 0.516. The van der Waals surface area contributed by atoms with Crippen molar-refractivity contribution in [2.24, 2.45) is 0 Å². The van der Waals surface area contributed by atoms with Crippen LogP contribution in [0, 0.1) is 13.8 Å². The average molecular weight is 208 g/mol. The van der Waals surface area contributed by atoms with Crippen LogP contribution in [0.15, 0.2) is 6.07 Å². The van der Waals surface area contributed by atoms with E-state index in [-0.39, 0.29) is 0 Å². The van der Waals surface area contributed by atoms with Crippen molar-refractivity contribution < 1.29 is 4.74 Å². The molecule has 1 aromatic rings. The molecule has 1 fully saturated rings. The van der Waals surface area contributed by atoms with Crippen LogP contribution in [0.2, 0.25) is 0 Å². The maximum absolute atomic E-state index is 5.60. The van der Waals surface area contributed by atoms with Crippen LogP contribution in [0.5, 0.6) is 0 Å². The quantitative estimate of drug-likeness (QED) is 0.760. The van der Waals surface area contributed by atoms with Crippen molar-refractivity contribution >= 4 is 0 Å². The van der Waals surface area contributed by atoms with E-state index in [0.29, 0.717) is 6.10 Å². The normalized spacial score (nSPS) is 21.1. The Morgan fingerprint density at radius 1 is 1.53 bits per heavy atom. The molecule has 1 aliphatic rings. The van der Waals surface area contributed by atoms with Crippen molar-refractivity contribution in [3.05, 3.63) is 17.5 Å². The molecule has 0 saturated carbocycles. The highest BCUT2D eigenvalue weighted by Gasteiger charge is 2.14. The highest BCUT2D eigenvalue weighted by atomic mass is 16.5. The summed E-state index contributed by atoms with van der Waals surface area (Å²) in [6.07, 6.45) is 5.36. The lowest BCUT2D eigenvalue weighted by Gasteiger charge is -2.09. The standard InChI is InChI=1S/C12H20N2O/c1-10-9-11(2)14(13-10)7-3-5-12-6-4-8-15-12/h9,12H,3-8H2,1-2H3. The van der Waals surface area contributed by atoms with Gasteiger partial charge in [0.15, 0.2) is 0 Å². The third kappa shape index (κ3) is 2.81. The van der Waals surface area contributed by atoms with Gasteiger partial charge >= 0.3 is 0 Å². The lowest BCUT2D eigenvalue weighted by Crippen LogP contribution is -2.08. The second kappa shape index (κ2) is 4.79. The molecule has 0 aliphatic carbocycles. The Kier molecular flexibility index (Phi) is 3.41. The van der Waals surface area contributed by atoms with E-state index < -0.39 is 0 Å². The van der Waals surface area contributed by atoms with Crippen LogP contribution in [0.3, 0.4) is 0 Å². The summed E-state index contributed by atoms with van der Waals surface area (Å²) in [4.78, 5) is 0. The Bertz CT molecular complexity index is 313. The summed E-state index contributed by atoms with van der Waals surface area (Å²) in [6.45, 7) is 6.15. The van der Waals surface area contributed by atoms with Gasteiger partial charge in [0.1, 0.15) is 0 Å². The summed E-state index contributed by atoms with van der Waals surface area (Å²) in [6, 6.07) is 2.13. The van der Waals surface area contributed by atoms with Crippen molar-refractivity contribution in [2.45, 2.75) is 52.2 Å². The summed E-state index contributed by atoms with van der Waals surface area (Å²) in [5.41, 5.74) is 2.38. The molecule has 0 N–H and O–H groups in total. The highest BCUT2D eigenvalue weighted by Crippen LogP contribution is 2.17. The molecule has 2 rings (SSSR count). The number of aryl methyl sites for hydroxylation is 3. The molecule has 0 spiro atoms. The lowest BCUT2D eigenvalue weighted by molar-refractivity contribution is 0.101. The molecule has 1 aromatic heterocycles. The molecule has 2 heterocycles. The van der Waals surface area contributed by atoms with Crippen LogP contribution in [0.25, 0.3) is 0 Å². The monoisotopic (exact) mass is 208 g/mol. The molecular formula is C12H20N2O. The van der Waals surface area contributed by atoms with Crippen molar-refractivity contribution in [1.82, 2.24) is 9.78 Å². The molecule has 84 valence electrons. The predicted molar refractivity (Wildman–Crippen MR) is 59.9 cm³/mol. The van der Waals surface area contributed by atoms with Gasteiger partial charge in [-0.15, -0.1) is 0 Å². The first-order chi connectivity index (χ1) is 7.25. The van der Waals surface area contributed by atoms with Gasteiger partial charge in [-0.25, -0.2) is 0 Å². The van der Waals surface area contributed by atoms with E-state index in [0.717, 1.165) is 18.8 Å². The molecule has 0 bridgehead atoms. The van der Waals surface area contributed by atoms with Crippen LogP contribution in [-0.2, 0) is 11.3 Å². The van der Waals surface area contributed by atoms with Gasteiger partial charge in [0.25, 0.3) is 0 Å². The van der Waals surface area contributed by atoms with Crippen LogP contribution in [0.4, 0.5) is 0 Å². The number of hydrogen-bond donors (Lipinski definition) is 0. The number of nitrogens with zero attached hydrogens (tertiary/aromatic N) is 2. The molecule has 1 aliphatic heterocycles. The van der Waals surface area contributed by atoms with E-state index in [1.54, 1.807) is 0 Å². The van der Waals surface area contributed by atoms with Gasteiger partial charge in [-0.1, -0.05) is 0 Å². The smallest absolute Gasteiger partial charge is 0.0596 e. The van der Waals surface area contributed by atoms with E-state index in [9.17, 15) is 0 Å². The summed E-state index contributed by atoms with van der Waals surface area (Å²) in [7, 11) is 0. The predicted octanol–water partition coefficient (Wildman–Crippen LogP) is 2.46. The highest BCUT2D eigenvalue weighted by molar-refractivity contribution is 5.06. The van der Waals surface area contributed by atoms with Gasteiger partial charge in [-0.05, 0) is 45.6 Å². The maximum Gasteiger partial charge on any atom is 0.0596 e. The van der Waals surface area contributed by atoms with Gasteiger partial charge in [0.05, 0.1) is 11.8 Å². The zero-order valence-corrected chi connectivity index (χ0v) is 9.70. The van der Waals surface area contributed by atoms with Crippen LogP contribution < -0.4 is 0 Å². The third-order valence-corrected chi connectivity index (χ3v) is 3.02. The van der Waals surface area contributed by atoms with Crippen LogP contribution >= 0.6 is 0 Å². The van der Waals surface area contributed by atoms with E-state index in [2.05, 4.69) is 22.8 Å². The molecule has 3 heteroatoms. The lowest BCUT2D eigenvalue weighted by atomic mass is 10.1. The third-order valence-electron chi connectivity index (χ3n) is 3.02. The van der Waals surface area contributed by atoms with E-state index >= 15 is 0 Å². The Morgan fingerprint density at radius 3 is 3.00 bits per heavy atom. The number of aromatic nitrogens is 2. The molecule has 0 radical (unpaired) electrons. The van der Waals surface area contributed by atoms with E-state index in [1.807, 2.05) is 6.92 Å². The van der Waals surface area contributed by atoms with Gasteiger partial charge in [-0.3, -0.25) is 4.68 Å². The second-order valence-electron chi connectivity index (χ2n) is 4.43. The van der Waals surface area contributed by atoms with Crippen LogP contribution in [0.1, 0.15) is 37.1 Å². The average Bonchev–Trinajstić information content (AvgIpc) is 2.77. The Labute approximate surface area is 91.4 Å². The molecular weight excluding hydrogens is 188 g/mol. The zero-order valence-electron chi connectivity index (χ0n) is 9.70. The van der Waals surface area contributed by atoms with Gasteiger partial charge in [0, 0.05) is 18.8 Å². The molecule has 3 nitrogen and oxygen atoms in total. The largest absolute Gasteiger partial charge is 0.378 e. The van der Waals surface area contributed by atoms with Gasteiger partial charge < -0.3 is 4.74 Å². The molecule has 0 aromatic carbocycles. The number of hydrogen-bond acceptors (Lipinski definition) is 2. The number of ether oxygens (including phenoxy) is 1. The Morgan fingerprint density at radius 2 is 2.40 bits per heavy atom. The first kappa shape index (κ1) is 10.7. The topological polar surface area (TPSA) is 27.1 Å². The number of rotatable bonds is 4. The minimum Gasteiger partial charge on any atom is -0.378 e. The second-order valence-corrected chi connectivity index (χ2v) is 4.43. The summed E-state index contributed by atoms with van der Waals surface area (Å²) in [5, 5.41) is 4.45. The van der Waals surface area contributed by atoms with Gasteiger partial charge in [0.2, 0.25) is 0 Å². The SMILES string of the molecule is Cc1cc(C)n(CCCC2CCCO2)n1. The van der Waals surface area contributed by atoms with Crippen molar-refractivity contribution in [3.63, 3.8) is 0 Å². The maximum atomic E-state index is 5.60. The fourth-order valence-corrected chi connectivity index (χ4v) is 2.24. The first-order valence-electron chi connectivity index (χ1n) is 5.88. The van der Waals surface area contributed by atoms with Gasteiger partial charge in [-0.2, -0.15) is 5.10 Å². The molecule has 1 atom stereocenters. The van der Waals surface area contributed by atoms with Crippen LogP contribution in [-0.4, -0.2) is 22.5 Å². The Hall–Kier alpha value is -0.830. The summed E-state index contributed by atoms with van der Waals surface area (Å²) >= 11 is 0. The Balaban J connectivity index is 1.75. The summed E-state index contributed by atoms with van der Waals surface area (Å²) < 4.78 is 7.70. The zero-order chi connectivity index (χ0) is 10.7. The molecule has 1 saturated heterocycles. The van der Waals surface area contributed by atoms with Crippen molar-refractivity contribution in [2.75, 3.05) is 6.61 Å². The summed E-state index contributed by atoms with van der Waals surface area (Å²) in [5.74, 6) is 0. The fraction of sp³-hybridized carbons (Fsp3) is 0.750. The van der Waals surface area contributed by atoms with Crippen molar-refractivity contribution in [1.29, 1.82) is 0 Å². The minimum atomic E-state index is 0.516. The van der Waals surface area contributed by atoms with E-state index in [4.69, 9.17) is 4.74 Å². The first-order valence-corrected chi connectivity index (χ1v) is 5.88. The van der Waals surface area contributed by atoms with E-state index in [1.165, 1.54) is 31.4 Å². The van der Waals surface area contributed by atoms with Crippen molar-refractivity contribution in [3.8, 4) is 0 Å². The fourth-order valence-electron chi connectivity index (χ4n) is 2.24. The molecule has 1 unspecified atom stereocenters. The molecule has 15 heavy (non-hydrogen) atoms. The molecule has 0 amide bonds.